The van der Waals surface area contributed by atoms with Gasteiger partial charge < -0.3 is 10.4 Å². The summed E-state index contributed by atoms with van der Waals surface area (Å²) in [6, 6.07) is 0. The molecule has 0 saturated heterocycles. The molecule has 1 saturated carbocycles. The Morgan fingerprint density at radius 2 is 2.12 bits per heavy atom. The first-order valence-corrected chi connectivity index (χ1v) is 5.98. The van der Waals surface area contributed by atoms with Crippen LogP contribution in [0.15, 0.2) is 18.6 Å². The topological polar surface area (TPSA) is 75.1 Å². The van der Waals surface area contributed by atoms with Crippen molar-refractivity contribution in [3.63, 3.8) is 0 Å². The summed E-state index contributed by atoms with van der Waals surface area (Å²) in [6.07, 6.45) is 8.54. The van der Waals surface area contributed by atoms with Gasteiger partial charge in [0.25, 0.3) is 0 Å². The molecule has 1 aliphatic carbocycles. The van der Waals surface area contributed by atoms with Gasteiger partial charge in [-0.3, -0.25) is 9.78 Å². The Labute approximate surface area is 100 Å². The van der Waals surface area contributed by atoms with E-state index in [2.05, 4.69) is 15.3 Å². The number of nitrogens with zero attached hydrogens (tertiary/aromatic N) is 2. The Hall–Kier alpha value is -1.65. The molecule has 5 heteroatoms. The summed E-state index contributed by atoms with van der Waals surface area (Å²) >= 11 is 0. The Morgan fingerprint density at radius 1 is 1.35 bits per heavy atom. The highest BCUT2D eigenvalue weighted by molar-refractivity contribution is 5.69. The monoisotopic (exact) mass is 235 g/mol. The Kier molecular flexibility index (Phi) is 3.90. The summed E-state index contributed by atoms with van der Waals surface area (Å²) in [7, 11) is 0. The summed E-state index contributed by atoms with van der Waals surface area (Å²) in [6.45, 7) is 0.852. The van der Waals surface area contributed by atoms with Crippen LogP contribution in [0.5, 0.6) is 0 Å². The molecule has 17 heavy (non-hydrogen) atoms. The summed E-state index contributed by atoms with van der Waals surface area (Å²) < 4.78 is 0. The van der Waals surface area contributed by atoms with Crippen LogP contribution in [-0.2, 0) is 4.79 Å². The second-order valence-electron chi connectivity index (χ2n) is 4.53. The normalized spacial score (nSPS) is 24.2. The SMILES string of the molecule is O=C(O)C1CCC(CNc2cnccn2)CC1. The van der Waals surface area contributed by atoms with Gasteiger partial charge in [-0.15, -0.1) is 0 Å². The molecule has 0 amide bonds. The van der Waals surface area contributed by atoms with E-state index in [0.717, 1.165) is 38.0 Å². The molecule has 5 nitrogen and oxygen atoms in total. The predicted octanol–water partition coefficient (Wildman–Crippen LogP) is 1.78. The molecule has 1 aromatic heterocycles. The number of carboxylic acid groups (broad SMARTS) is 1. The number of carbonyl (C=O) groups is 1. The van der Waals surface area contributed by atoms with Crippen molar-refractivity contribution in [2.24, 2.45) is 11.8 Å². The van der Waals surface area contributed by atoms with Crippen molar-refractivity contribution >= 4 is 11.8 Å². The number of hydrogen-bond acceptors (Lipinski definition) is 4. The summed E-state index contributed by atoms with van der Waals surface area (Å²) in [5.41, 5.74) is 0. The molecule has 0 aliphatic heterocycles. The molecule has 92 valence electrons. The number of rotatable bonds is 4. The van der Waals surface area contributed by atoms with Crippen LogP contribution in [0.3, 0.4) is 0 Å². The lowest BCUT2D eigenvalue weighted by molar-refractivity contribution is -0.143. The van der Waals surface area contributed by atoms with E-state index >= 15 is 0 Å². The van der Waals surface area contributed by atoms with Crippen molar-refractivity contribution in [1.29, 1.82) is 0 Å². The number of carboxylic acids is 1. The van der Waals surface area contributed by atoms with Crippen LogP contribution in [0.4, 0.5) is 5.82 Å². The molecular weight excluding hydrogens is 218 g/mol. The zero-order valence-electron chi connectivity index (χ0n) is 9.67. The van der Waals surface area contributed by atoms with Crippen LogP contribution in [0.1, 0.15) is 25.7 Å². The molecule has 0 radical (unpaired) electrons. The average Bonchev–Trinajstić information content (AvgIpc) is 2.38. The quantitative estimate of drug-likeness (QED) is 0.832. The minimum Gasteiger partial charge on any atom is -0.481 e. The van der Waals surface area contributed by atoms with Gasteiger partial charge >= 0.3 is 5.97 Å². The van der Waals surface area contributed by atoms with Crippen LogP contribution in [0.25, 0.3) is 0 Å². The van der Waals surface area contributed by atoms with Gasteiger partial charge in [-0.25, -0.2) is 4.98 Å². The third-order valence-corrected chi connectivity index (χ3v) is 3.33. The van der Waals surface area contributed by atoms with Gasteiger partial charge in [-0.2, -0.15) is 0 Å². The van der Waals surface area contributed by atoms with Gasteiger partial charge in [0, 0.05) is 18.9 Å². The van der Waals surface area contributed by atoms with Crippen molar-refractivity contribution in [1.82, 2.24) is 9.97 Å². The minimum atomic E-state index is -0.648. The van der Waals surface area contributed by atoms with Gasteiger partial charge in [0.05, 0.1) is 12.1 Å². The Morgan fingerprint density at radius 3 is 2.71 bits per heavy atom. The van der Waals surface area contributed by atoms with E-state index in [1.807, 2.05) is 0 Å². The van der Waals surface area contributed by atoms with E-state index in [-0.39, 0.29) is 5.92 Å². The Balaban J connectivity index is 1.74. The van der Waals surface area contributed by atoms with Crippen molar-refractivity contribution in [3.8, 4) is 0 Å². The summed E-state index contributed by atoms with van der Waals surface area (Å²) in [5, 5.41) is 12.1. The number of aromatic nitrogens is 2. The molecule has 0 atom stereocenters. The fourth-order valence-corrected chi connectivity index (χ4v) is 2.25. The van der Waals surface area contributed by atoms with Crippen LogP contribution < -0.4 is 5.32 Å². The van der Waals surface area contributed by atoms with Crippen LogP contribution in [0, 0.1) is 11.8 Å². The lowest BCUT2D eigenvalue weighted by Crippen LogP contribution is -2.25. The van der Waals surface area contributed by atoms with Crippen molar-refractivity contribution in [2.75, 3.05) is 11.9 Å². The molecular formula is C12H17N3O2. The van der Waals surface area contributed by atoms with E-state index in [4.69, 9.17) is 5.11 Å². The molecule has 0 aromatic carbocycles. The molecule has 1 aromatic rings. The number of hydrogen-bond donors (Lipinski definition) is 2. The molecule has 1 heterocycles. The maximum absolute atomic E-state index is 10.8. The Bertz CT molecular complexity index is 361. The van der Waals surface area contributed by atoms with Gasteiger partial charge in [0.1, 0.15) is 5.82 Å². The standard InChI is InChI=1S/C12H17N3O2/c16-12(17)10-3-1-9(2-4-10)7-15-11-8-13-5-6-14-11/h5-6,8-10H,1-4,7H2,(H,14,15)(H,16,17). The van der Waals surface area contributed by atoms with E-state index in [1.165, 1.54) is 0 Å². The van der Waals surface area contributed by atoms with Gasteiger partial charge in [0.15, 0.2) is 0 Å². The molecule has 0 spiro atoms. The minimum absolute atomic E-state index is 0.136. The molecule has 1 fully saturated rings. The highest BCUT2D eigenvalue weighted by Crippen LogP contribution is 2.28. The maximum Gasteiger partial charge on any atom is 0.306 e. The third kappa shape index (κ3) is 3.41. The first kappa shape index (κ1) is 11.8. The zero-order chi connectivity index (χ0) is 12.1. The van der Waals surface area contributed by atoms with E-state index < -0.39 is 5.97 Å². The lowest BCUT2D eigenvalue weighted by Gasteiger charge is -2.26. The lowest BCUT2D eigenvalue weighted by atomic mass is 9.82. The average molecular weight is 235 g/mol. The smallest absolute Gasteiger partial charge is 0.306 e. The first-order valence-electron chi connectivity index (χ1n) is 5.98. The van der Waals surface area contributed by atoms with Crippen LogP contribution >= 0.6 is 0 Å². The fraction of sp³-hybridized carbons (Fsp3) is 0.583. The molecule has 0 unspecified atom stereocenters. The predicted molar refractivity (Wildman–Crippen MR) is 63.6 cm³/mol. The largest absolute Gasteiger partial charge is 0.481 e. The van der Waals surface area contributed by atoms with Crippen LogP contribution in [-0.4, -0.2) is 27.6 Å². The highest BCUT2D eigenvalue weighted by Gasteiger charge is 2.25. The zero-order valence-corrected chi connectivity index (χ0v) is 9.67. The number of nitrogens with one attached hydrogen (secondary N) is 1. The van der Waals surface area contributed by atoms with Gasteiger partial charge in [-0.05, 0) is 31.6 Å². The molecule has 0 bridgehead atoms. The second kappa shape index (κ2) is 5.61. The van der Waals surface area contributed by atoms with E-state index in [1.54, 1.807) is 18.6 Å². The van der Waals surface area contributed by atoms with Crippen molar-refractivity contribution in [2.45, 2.75) is 25.7 Å². The summed E-state index contributed by atoms with van der Waals surface area (Å²) in [5.74, 6) is 0.550. The summed E-state index contributed by atoms with van der Waals surface area (Å²) in [4.78, 5) is 18.9. The fourth-order valence-electron chi connectivity index (χ4n) is 2.25. The third-order valence-electron chi connectivity index (χ3n) is 3.33. The van der Waals surface area contributed by atoms with E-state index in [9.17, 15) is 4.79 Å². The van der Waals surface area contributed by atoms with E-state index in [0.29, 0.717) is 5.92 Å². The first-order chi connectivity index (χ1) is 8.25. The molecule has 2 N–H and O–H groups in total. The van der Waals surface area contributed by atoms with Crippen molar-refractivity contribution in [3.05, 3.63) is 18.6 Å². The highest BCUT2D eigenvalue weighted by atomic mass is 16.4. The van der Waals surface area contributed by atoms with Crippen LogP contribution in [0.2, 0.25) is 0 Å². The van der Waals surface area contributed by atoms with Gasteiger partial charge in [-0.1, -0.05) is 0 Å². The number of anilines is 1. The molecule has 2 rings (SSSR count). The number of aliphatic carboxylic acids is 1. The second-order valence-corrected chi connectivity index (χ2v) is 4.53. The van der Waals surface area contributed by atoms with Crippen molar-refractivity contribution < 1.29 is 9.90 Å². The molecule has 1 aliphatic rings. The van der Waals surface area contributed by atoms with Gasteiger partial charge in [0.2, 0.25) is 0 Å². The maximum atomic E-state index is 10.8.